The van der Waals surface area contributed by atoms with Crippen LogP contribution in [-0.4, -0.2) is 34.9 Å². The summed E-state index contributed by atoms with van der Waals surface area (Å²) < 4.78 is 0. The molecule has 1 atom stereocenters. The summed E-state index contributed by atoms with van der Waals surface area (Å²) in [6, 6.07) is -0.145. The Morgan fingerprint density at radius 1 is 1.38 bits per heavy atom. The SMILES string of the molecule is Cc1nc(C)c([C@H](C)NC(=O)N2CCC(C(N)=O)CC2)s1. The number of nitrogens with two attached hydrogens (primary N) is 1. The molecule has 2 heterocycles. The number of carbonyl (C=O) groups is 2. The molecular formula is C14H22N4O2S. The summed E-state index contributed by atoms with van der Waals surface area (Å²) in [4.78, 5) is 30.6. The zero-order chi connectivity index (χ0) is 15.6. The van der Waals surface area contributed by atoms with Crippen molar-refractivity contribution in [2.45, 2.75) is 39.7 Å². The van der Waals surface area contributed by atoms with Gasteiger partial charge in [0.15, 0.2) is 0 Å². The lowest BCUT2D eigenvalue weighted by Gasteiger charge is -2.31. The molecule has 0 aromatic carbocycles. The minimum Gasteiger partial charge on any atom is -0.369 e. The monoisotopic (exact) mass is 310 g/mol. The Kier molecular flexibility index (Phi) is 4.82. The third-order valence-electron chi connectivity index (χ3n) is 3.86. The Bertz CT molecular complexity index is 535. The van der Waals surface area contributed by atoms with Gasteiger partial charge in [-0.2, -0.15) is 0 Å². The number of hydrogen-bond donors (Lipinski definition) is 2. The van der Waals surface area contributed by atoms with E-state index in [0.29, 0.717) is 25.9 Å². The second kappa shape index (κ2) is 6.43. The van der Waals surface area contributed by atoms with Gasteiger partial charge in [-0.1, -0.05) is 0 Å². The van der Waals surface area contributed by atoms with Gasteiger partial charge in [-0.3, -0.25) is 4.79 Å². The number of urea groups is 1. The van der Waals surface area contributed by atoms with Crippen molar-refractivity contribution >= 4 is 23.3 Å². The molecule has 7 heteroatoms. The summed E-state index contributed by atoms with van der Waals surface area (Å²) >= 11 is 1.61. The van der Waals surface area contributed by atoms with E-state index in [4.69, 9.17) is 5.73 Å². The summed E-state index contributed by atoms with van der Waals surface area (Å²) in [6.45, 7) is 7.04. The molecule has 1 fully saturated rings. The van der Waals surface area contributed by atoms with Crippen molar-refractivity contribution in [2.75, 3.05) is 13.1 Å². The summed E-state index contributed by atoms with van der Waals surface area (Å²) in [5.74, 6) is -0.364. The number of likely N-dealkylation sites (tertiary alicyclic amines) is 1. The number of thiazole rings is 1. The molecule has 6 nitrogen and oxygen atoms in total. The highest BCUT2D eigenvalue weighted by molar-refractivity contribution is 7.11. The van der Waals surface area contributed by atoms with Crippen LogP contribution in [0.3, 0.4) is 0 Å². The summed E-state index contributed by atoms with van der Waals surface area (Å²) in [5, 5.41) is 4.01. The predicted octanol–water partition coefficient (Wildman–Crippen LogP) is 1.73. The third-order valence-corrected chi connectivity index (χ3v) is 5.11. The average molecular weight is 310 g/mol. The first-order valence-electron chi connectivity index (χ1n) is 7.17. The van der Waals surface area contributed by atoms with Crippen LogP contribution in [0.2, 0.25) is 0 Å². The second-order valence-corrected chi connectivity index (χ2v) is 6.75. The molecule has 3 amide bonds. The molecule has 21 heavy (non-hydrogen) atoms. The fraction of sp³-hybridized carbons (Fsp3) is 0.643. The normalized spacial score (nSPS) is 17.6. The van der Waals surface area contributed by atoms with Crippen molar-refractivity contribution in [2.24, 2.45) is 11.7 Å². The van der Waals surface area contributed by atoms with Gasteiger partial charge >= 0.3 is 6.03 Å². The van der Waals surface area contributed by atoms with Crippen molar-refractivity contribution < 1.29 is 9.59 Å². The minimum absolute atomic E-state index is 0.0578. The van der Waals surface area contributed by atoms with Gasteiger partial charge in [0.2, 0.25) is 5.91 Å². The number of piperidine rings is 1. The molecule has 1 aliphatic heterocycles. The molecule has 0 radical (unpaired) electrons. The first-order valence-corrected chi connectivity index (χ1v) is 7.98. The van der Waals surface area contributed by atoms with Crippen LogP contribution in [0.25, 0.3) is 0 Å². The van der Waals surface area contributed by atoms with Gasteiger partial charge in [0.05, 0.1) is 16.7 Å². The molecule has 0 bridgehead atoms. The lowest BCUT2D eigenvalue weighted by molar-refractivity contribution is -0.123. The number of nitrogens with one attached hydrogen (secondary N) is 1. The maximum absolute atomic E-state index is 12.3. The Morgan fingerprint density at radius 2 is 2.00 bits per heavy atom. The summed E-state index contributed by atoms with van der Waals surface area (Å²) in [7, 11) is 0. The number of aryl methyl sites for hydroxylation is 2. The lowest BCUT2D eigenvalue weighted by Crippen LogP contribution is -2.46. The minimum atomic E-state index is -0.265. The standard InChI is InChI=1S/C14H22N4O2S/c1-8-12(21-10(3)16-8)9(2)17-14(20)18-6-4-11(5-7-18)13(15)19/h9,11H,4-7H2,1-3H3,(H2,15,19)(H,17,20)/t9-/m0/s1. The molecule has 116 valence electrons. The fourth-order valence-electron chi connectivity index (χ4n) is 2.66. The topological polar surface area (TPSA) is 88.3 Å². The summed E-state index contributed by atoms with van der Waals surface area (Å²) in [5.41, 5.74) is 6.27. The van der Waals surface area contributed by atoms with Gasteiger partial charge in [0.25, 0.3) is 0 Å². The smallest absolute Gasteiger partial charge is 0.317 e. The quantitative estimate of drug-likeness (QED) is 0.891. The van der Waals surface area contributed by atoms with E-state index >= 15 is 0 Å². The largest absolute Gasteiger partial charge is 0.369 e. The molecule has 1 aromatic rings. The van der Waals surface area contributed by atoms with E-state index < -0.39 is 0 Å². The van der Waals surface area contributed by atoms with Crippen LogP contribution in [0.1, 0.15) is 41.4 Å². The van der Waals surface area contributed by atoms with Crippen molar-refractivity contribution in [1.82, 2.24) is 15.2 Å². The highest BCUT2D eigenvalue weighted by Crippen LogP contribution is 2.25. The molecule has 1 aliphatic rings. The number of amides is 3. The van der Waals surface area contributed by atoms with Crippen molar-refractivity contribution in [3.05, 3.63) is 15.6 Å². The van der Waals surface area contributed by atoms with Gasteiger partial charge in [0.1, 0.15) is 0 Å². The molecule has 0 saturated carbocycles. The van der Waals surface area contributed by atoms with E-state index in [1.807, 2.05) is 20.8 Å². The number of hydrogen-bond acceptors (Lipinski definition) is 4. The number of rotatable bonds is 3. The number of primary amides is 1. The van der Waals surface area contributed by atoms with E-state index in [0.717, 1.165) is 15.6 Å². The Morgan fingerprint density at radius 3 is 2.48 bits per heavy atom. The molecular weight excluding hydrogens is 288 g/mol. The van der Waals surface area contributed by atoms with Crippen LogP contribution < -0.4 is 11.1 Å². The van der Waals surface area contributed by atoms with E-state index in [2.05, 4.69) is 10.3 Å². The Hall–Kier alpha value is -1.63. The second-order valence-electron chi connectivity index (χ2n) is 5.52. The molecule has 0 unspecified atom stereocenters. The van der Waals surface area contributed by atoms with E-state index in [-0.39, 0.29) is 23.9 Å². The molecule has 3 N–H and O–H groups in total. The average Bonchev–Trinajstić information content (AvgIpc) is 2.77. The van der Waals surface area contributed by atoms with Crippen LogP contribution in [0, 0.1) is 19.8 Å². The van der Waals surface area contributed by atoms with E-state index in [1.165, 1.54) is 0 Å². The van der Waals surface area contributed by atoms with E-state index in [1.54, 1.807) is 16.2 Å². The highest BCUT2D eigenvalue weighted by Gasteiger charge is 2.27. The zero-order valence-corrected chi connectivity index (χ0v) is 13.5. The van der Waals surface area contributed by atoms with Gasteiger partial charge < -0.3 is 16.0 Å². The molecule has 1 saturated heterocycles. The van der Waals surface area contributed by atoms with Crippen LogP contribution in [0.4, 0.5) is 4.79 Å². The van der Waals surface area contributed by atoms with Gasteiger partial charge in [-0.05, 0) is 33.6 Å². The first kappa shape index (κ1) is 15.8. The fourth-order valence-corrected chi connectivity index (χ4v) is 3.59. The number of nitrogens with zero attached hydrogens (tertiary/aromatic N) is 2. The van der Waals surface area contributed by atoms with Gasteiger partial charge in [-0.25, -0.2) is 9.78 Å². The van der Waals surface area contributed by atoms with Crippen LogP contribution in [0.15, 0.2) is 0 Å². The van der Waals surface area contributed by atoms with Crippen molar-refractivity contribution in [3.63, 3.8) is 0 Å². The maximum atomic E-state index is 12.3. The van der Waals surface area contributed by atoms with E-state index in [9.17, 15) is 9.59 Å². The van der Waals surface area contributed by atoms with Gasteiger partial charge in [0, 0.05) is 23.9 Å². The summed E-state index contributed by atoms with van der Waals surface area (Å²) in [6.07, 6.45) is 1.30. The molecule has 0 aliphatic carbocycles. The molecule has 1 aromatic heterocycles. The predicted molar refractivity (Wildman–Crippen MR) is 82.0 cm³/mol. The highest BCUT2D eigenvalue weighted by atomic mass is 32.1. The third kappa shape index (κ3) is 3.72. The number of carbonyl (C=O) groups excluding carboxylic acids is 2. The van der Waals surface area contributed by atoms with Crippen molar-refractivity contribution in [1.29, 1.82) is 0 Å². The lowest BCUT2D eigenvalue weighted by atomic mass is 9.96. The Labute approximate surface area is 128 Å². The Balaban J connectivity index is 1.90. The number of aromatic nitrogens is 1. The maximum Gasteiger partial charge on any atom is 0.317 e. The van der Waals surface area contributed by atoms with Gasteiger partial charge in [-0.15, -0.1) is 11.3 Å². The van der Waals surface area contributed by atoms with Crippen molar-refractivity contribution in [3.8, 4) is 0 Å². The molecule has 2 rings (SSSR count). The van der Waals surface area contributed by atoms with Crippen LogP contribution in [-0.2, 0) is 4.79 Å². The van der Waals surface area contributed by atoms with Crippen LogP contribution >= 0.6 is 11.3 Å². The first-order chi connectivity index (χ1) is 9.88. The van der Waals surface area contributed by atoms with Crippen LogP contribution in [0.5, 0.6) is 0 Å². The molecule has 0 spiro atoms. The zero-order valence-electron chi connectivity index (χ0n) is 12.7.